The number of carboxylic acid groups (broad SMARTS) is 1. The largest absolute Gasteiger partial charge is 0.481 e. The molecule has 126 valence electrons. The van der Waals surface area contributed by atoms with E-state index in [2.05, 4.69) is 34.1 Å². The third kappa shape index (κ3) is 4.65. The van der Waals surface area contributed by atoms with Crippen molar-refractivity contribution in [3.05, 3.63) is 53.9 Å². The molecule has 0 unspecified atom stereocenters. The van der Waals surface area contributed by atoms with Crippen LogP contribution >= 0.6 is 0 Å². The van der Waals surface area contributed by atoms with Crippen LogP contribution in [0.4, 0.5) is 0 Å². The number of pyridine rings is 1. The van der Waals surface area contributed by atoms with Crippen molar-refractivity contribution in [2.75, 3.05) is 13.1 Å². The standard InChI is InChI=1S/C20H24N2O2/c23-20(24)9-6-17-12-19(14-21-13-17)18-7-4-16(5-8-18)15-22-10-2-1-3-11-22/h4-5,7-8,12-14H,1-3,6,9-11,15H2,(H,23,24). The van der Waals surface area contributed by atoms with Gasteiger partial charge in [0.1, 0.15) is 0 Å². The zero-order chi connectivity index (χ0) is 16.8. The molecule has 1 saturated heterocycles. The minimum atomic E-state index is -0.775. The van der Waals surface area contributed by atoms with Gasteiger partial charge >= 0.3 is 5.97 Å². The molecule has 0 aliphatic carbocycles. The summed E-state index contributed by atoms with van der Waals surface area (Å²) in [6.07, 6.45) is 8.23. The van der Waals surface area contributed by atoms with Gasteiger partial charge in [0.05, 0.1) is 0 Å². The minimum absolute atomic E-state index is 0.139. The van der Waals surface area contributed by atoms with Gasteiger partial charge in [-0.1, -0.05) is 30.7 Å². The molecular weight excluding hydrogens is 300 g/mol. The van der Waals surface area contributed by atoms with Crippen molar-refractivity contribution in [1.82, 2.24) is 9.88 Å². The Bertz CT molecular complexity index is 676. The molecule has 0 spiro atoms. The summed E-state index contributed by atoms with van der Waals surface area (Å²) < 4.78 is 0. The first kappa shape index (κ1) is 16.7. The Morgan fingerprint density at radius 1 is 1.00 bits per heavy atom. The molecule has 4 heteroatoms. The number of aromatic nitrogens is 1. The average molecular weight is 324 g/mol. The second-order valence-electron chi connectivity index (χ2n) is 6.51. The topological polar surface area (TPSA) is 53.4 Å². The first-order chi connectivity index (χ1) is 11.7. The first-order valence-electron chi connectivity index (χ1n) is 8.68. The summed E-state index contributed by atoms with van der Waals surface area (Å²) >= 11 is 0. The zero-order valence-corrected chi connectivity index (χ0v) is 13.9. The highest BCUT2D eigenvalue weighted by molar-refractivity contribution is 5.67. The fourth-order valence-corrected chi connectivity index (χ4v) is 3.21. The summed E-state index contributed by atoms with van der Waals surface area (Å²) in [4.78, 5) is 17.5. The highest BCUT2D eigenvalue weighted by Crippen LogP contribution is 2.21. The molecule has 0 saturated carbocycles. The van der Waals surface area contributed by atoms with Gasteiger partial charge in [-0.15, -0.1) is 0 Å². The number of carboxylic acids is 1. The van der Waals surface area contributed by atoms with Crippen LogP contribution in [0, 0.1) is 0 Å². The maximum Gasteiger partial charge on any atom is 0.303 e. The van der Waals surface area contributed by atoms with Gasteiger partial charge in [-0.3, -0.25) is 14.7 Å². The fourth-order valence-electron chi connectivity index (χ4n) is 3.21. The van der Waals surface area contributed by atoms with E-state index in [0.717, 1.165) is 23.2 Å². The van der Waals surface area contributed by atoms with E-state index in [1.165, 1.54) is 37.9 Å². The third-order valence-corrected chi connectivity index (χ3v) is 4.56. The molecule has 24 heavy (non-hydrogen) atoms. The molecule has 2 aromatic rings. The van der Waals surface area contributed by atoms with E-state index >= 15 is 0 Å². The Morgan fingerprint density at radius 3 is 2.46 bits per heavy atom. The number of hydrogen-bond acceptors (Lipinski definition) is 3. The maximum absolute atomic E-state index is 10.7. The molecule has 0 amide bonds. The predicted octanol–water partition coefficient (Wildman–Crippen LogP) is 3.75. The van der Waals surface area contributed by atoms with Gasteiger partial charge in [0, 0.05) is 30.9 Å². The SMILES string of the molecule is O=C(O)CCc1cncc(-c2ccc(CN3CCCCC3)cc2)c1. The normalized spacial score (nSPS) is 15.3. The Morgan fingerprint density at radius 2 is 1.75 bits per heavy atom. The zero-order valence-electron chi connectivity index (χ0n) is 13.9. The number of benzene rings is 1. The Hall–Kier alpha value is -2.20. The molecule has 2 heterocycles. The van der Waals surface area contributed by atoms with Gasteiger partial charge < -0.3 is 5.11 Å². The van der Waals surface area contributed by atoms with Crippen molar-refractivity contribution in [3.8, 4) is 11.1 Å². The maximum atomic E-state index is 10.7. The molecule has 1 aromatic heterocycles. The van der Waals surface area contributed by atoms with Gasteiger partial charge in [0.15, 0.2) is 0 Å². The Kier molecular flexibility index (Phi) is 5.59. The number of rotatable bonds is 6. The first-order valence-corrected chi connectivity index (χ1v) is 8.68. The van der Waals surface area contributed by atoms with Crippen LogP contribution in [-0.2, 0) is 17.8 Å². The molecule has 0 radical (unpaired) electrons. The van der Waals surface area contributed by atoms with Crippen LogP contribution in [0.1, 0.15) is 36.8 Å². The van der Waals surface area contributed by atoms with Crippen LogP contribution in [0.3, 0.4) is 0 Å². The average Bonchev–Trinajstić information content (AvgIpc) is 2.62. The lowest BCUT2D eigenvalue weighted by atomic mass is 10.0. The van der Waals surface area contributed by atoms with Crippen molar-refractivity contribution >= 4 is 5.97 Å². The van der Waals surface area contributed by atoms with Crippen molar-refractivity contribution in [3.63, 3.8) is 0 Å². The summed E-state index contributed by atoms with van der Waals surface area (Å²) in [7, 11) is 0. The molecule has 1 aliphatic heterocycles. The van der Waals surface area contributed by atoms with Gasteiger partial charge in [-0.2, -0.15) is 0 Å². The van der Waals surface area contributed by atoms with E-state index in [1.54, 1.807) is 6.20 Å². The molecule has 1 N–H and O–H groups in total. The van der Waals surface area contributed by atoms with Crippen LogP contribution in [0.2, 0.25) is 0 Å². The fraction of sp³-hybridized carbons (Fsp3) is 0.400. The third-order valence-electron chi connectivity index (χ3n) is 4.56. The van der Waals surface area contributed by atoms with Crippen LogP contribution in [0.15, 0.2) is 42.7 Å². The minimum Gasteiger partial charge on any atom is -0.481 e. The summed E-state index contributed by atoms with van der Waals surface area (Å²) in [6, 6.07) is 10.7. The summed E-state index contributed by atoms with van der Waals surface area (Å²) in [6.45, 7) is 3.44. The monoisotopic (exact) mass is 324 g/mol. The highest BCUT2D eigenvalue weighted by Gasteiger charge is 2.10. The summed E-state index contributed by atoms with van der Waals surface area (Å²) in [5.41, 5.74) is 4.48. The van der Waals surface area contributed by atoms with Gasteiger partial charge in [-0.05, 0) is 55.1 Å². The van der Waals surface area contributed by atoms with E-state index in [9.17, 15) is 4.79 Å². The molecule has 1 aromatic carbocycles. The van der Waals surface area contributed by atoms with E-state index in [0.29, 0.717) is 6.42 Å². The van der Waals surface area contributed by atoms with Gasteiger partial charge in [-0.25, -0.2) is 0 Å². The van der Waals surface area contributed by atoms with Crippen molar-refractivity contribution in [2.45, 2.75) is 38.6 Å². The van der Waals surface area contributed by atoms with Crippen molar-refractivity contribution < 1.29 is 9.90 Å². The smallest absolute Gasteiger partial charge is 0.303 e. The number of aryl methyl sites for hydroxylation is 1. The molecule has 1 aliphatic rings. The predicted molar refractivity (Wildman–Crippen MR) is 94.8 cm³/mol. The lowest BCUT2D eigenvalue weighted by Gasteiger charge is -2.26. The molecule has 1 fully saturated rings. The number of carbonyl (C=O) groups is 1. The number of likely N-dealkylation sites (tertiary alicyclic amines) is 1. The second-order valence-corrected chi connectivity index (χ2v) is 6.51. The van der Waals surface area contributed by atoms with E-state index in [4.69, 9.17) is 5.11 Å². The number of nitrogens with zero attached hydrogens (tertiary/aromatic N) is 2. The number of piperidine rings is 1. The molecule has 3 rings (SSSR count). The summed E-state index contributed by atoms with van der Waals surface area (Å²) in [5, 5.41) is 8.80. The Balaban J connectivity index is 1.66. The van der Waals surface area contributed by atoms with Crippen molar-refractivity contribution in [2.24, 2.45) is 0 Å². The van der Waals surface area contributed by atoms with Crippen LogP contribution in [0.5, 0.6) is 0 Å². The lowest BCUT2D eigenvalue weighted by molar-refractivity contribution is -0.136. The quantitative estimate of drug-likeness (QED) is 0.879. The summed E-state index contributed by atoms with van der Waals surface area (Å²) in [5.74, 6) is -0.775. The second kappa shape index (κ2) is 8.06. The van der Waals surface area contributed by atoms with Gasteiger partial charge in [0.2, 0.25) is 0 Å². The van der Waals surface area contributed by atoms with Crippen molar-refractivity contribution in [1.29, 1.82) is 0 Å². The van der Waals surface area contributed by atoms with Crippen LogP contribution < -0.4 is 0 Å². The molecular formula is C20H24N2O2. The van der Waals surface area contributed by atoms with Gasteiger partial charge in [0.25, 0.3) is 0 Å². The van der Waals surface area contributed by atoms with E-state index in [1.807, 2.05) is 12.3 Å². The lowest BCUT2D eigenvalue weighted by Crippen LogP contribution is -2.28. The van der Waals surface area contributed by atoms with Crippen LogP contribution in [-0.4, -0.2) is 34.0 Å². The Labute approximate surface area is 143 Å². The molecule has 0 atom stereocenters. The molecule has 4 nitrogen and oxygen atoms in total. The number of aliphatic carboxylic acids is 1. The van der Waals surface area contributed by atoms with E-state index < -0.39 is 5.97 Å². The highest BCUT2D eigenvalue weighted by atomic mass is 16.4. The number of hydrogen-bond donors (Lipinski definition) is 1. The van der Waals surface area contributed by atoms with E-state index in [-0.39, 0.29) is 6.42 Å². The van der Waals surface area contributed by atoms with Crippen LogP contribution in [0.25, 0.3) is 11.1 Å². The molecule has 0 bridgehead atoms.